The molecule has 0 radical (unpaired) electrons. The number of hydrogen-bond donors (Lipinski definition) is 0. The van der Waals surface area contributed by atoms with Crippen LogP contribution in [-0.4, -0.2) is 29.1 Å². The number of nitro groups is 1. The summed E-state index contributed by atoms with van der Waals surface area (Å²) in [5.74, 6) is -1.03. The molecule has 4 aromatic rings. The van der Waals surface area contributed by atoms with Crippen LogP contribution in [0.3, 0.4) is 0 Å². The summed E-state index contributed by atoms with van der Waals surface area (Å²) < 4.78 is 33.8. The number of benzene rings is 3. The fraction of sp³-hybridized carbons (Fsp3) is 0.0435. The van der Waals surface area contributed by atoms with Crippen LogP contribution >= 0.6 is 0 Å². The van der Waals surface area contributed by atoms with E-state index in [4.69, 9.17) is 4.74 Å². The van der Waals surface area contributed by atoms with Gasteiger partial charge in [0.1, 0.15) is 0 Å². The second-order valence-electron chi connectivity index (χ2n) is 6.98. The minimum Gasteiger partial charge on any atom is -0.402 e. The molecule has 0 aliphatic heterocycles. The number of sulfone groups is 1. The molecule has 0 fully saturated rings. The zero-order valence-electron chi connectivity index (χ0n) is 17.3. The highest BCUT2D eigenvalue weighted by atomic mass is 32.2. The standard InChI is InChI=1S/C23H17N3O6S/c1-16-21(33(30,31)20-14-12-19(13-15-20)26(28)29)22(25(24-16)18-10-6-3-7-11-18)32-23(27)17-8-4-2-5-9-17/h2-15H,1H3. The van der Waals surface area contributed by atoms with Crippen LogP contribution in [0, 0.1) is 17.0 Å². The summed E-state index contributed by atoms with van der Waals surface area (Å²) in [6, 6.07) is 21.2. The maximum absolute atomic E-state index is 13.5. The summed E-state index contributed by atoms with van der Waals surface area (Å²) in [7, 11) is -4.24. The van der Waals surface area contributed by atoms with Crippen molar-refractivity contribution in [2.24, 2.45) is 0 Å². The van der Waals surface area contributed by atoms with Gasteiger partial charge < -0.3 is 4.74 Å². The van der Waals surface area contributed by atoms with Gasteiger partial charge in [0.2, 0.25) is 15.7 Å². The number of rotatable bonds is 6. The zero-order valence-corrected chi connectivity index (χ0v) is 18.1. The van der Waals surface area contributed by atoms with E-state index in [1.54, 1.807) is 60.7 Å². The molecule has 10 heteroatoms. The minimum atomic E-state index is -4.24. The Hall–Kier alpha value is -4.31. The Kier molecular flexibility index (Phi) is 5.76. The lowest BCUT2D eigenvalue weighted by molar-refractivity contribution is -0.384. The molecular formula is C23H17N3O6S. The van der Waals surface area contributed by atoms with Crippen molar-refractivity contribution in [3.63, 3.8) is 0 Å². The molecule has 0 unspecified atom stereocenters. The quantitative estimate of drug-likeness (QED) is 0.239. The van der Waals surface area contributed by atoms with E-state index in [2.05, 4.69) is 5.10 Å². The number of ether oxygens (including phenoxy) is 1. The molecule has 0 saturated carbocycles. The van der Waals surface area contributed by atoms with Gasteiger partial charge in [-0.05, 0) is 43.3 Å². The number of carbonyl (C=O) groups is 1. The predicted molar refractivity (Wildman–Crippen MR) is 118 cm³/mol. The first-order valence-electron chi connectivity index (χ1n) is 9.71. The minimum absolute atomic E-state index is 0.105. The van der Waals surface area contributed by atoms with Gasteiger partial charge in [0.15, 0.2) is 4.90 Å². The Morgan fingerprint density at radius 3 is 2.09 bits per heavy atom. The van der Waals surface area contributed by atoms with Crippen molar-refractivity contribution in [3.8, 4) is 11.6 Å². The SMILES string of the molecule is Cc1nn(-c2ccccc2)c(OC(=O)c2ccccc2)c1S(=O)(=O)c1ccc([N+](=O)[O-])cc1. The van der Waals surface area contributed by atoms with Crippen molar-refractivity contribution in [3.05, 3.63) is 106 Å². The van der Waals surface area contributed by atoms with E-state index in [0.717, 1.165) is 24.3 Å². The van der Waals surface area contributed by atoms with E-state index < -0.39 is 20.7 Å². The highest BCUT2D eigenvalue weighted by Crippen LogP contribution is 2.35. The molecule has 9 nitrogen and oxygen atoms in total. The van der Waals surface area contributed by atoms with Crippen LogP contribution in [0.5, 0.6) is 5.88 Å². The van der Waals surface area contributed by atoms with Gasteiger partial charge in [0.05, 0.1) is 26.8 Å². The second kappa shape index (κ2) is 8.67. The summed E-state index contributed by atoms with van der Waals surface area (Å²) in [6.07, 6.45) is 0. The molecular weight excluding hydrogens is 446 g/mol. The number of para-hydroxylation sites is 1. The van der Waals surface area contributed by atoms with Crippen LogP contribution in [-0.2, 0) is 9.84 Å². The van der Waals surface area contributed by atoms with Crippen molar-refractivity contribution in [1.82, 2.24) is 9.78 Å². The lowest BCUT2D eigenvalue weighted by atomic mass is 10.2. The van der Waals surface area contributed by atoms with E-state index in [1.165, 1.54) is 11.6 Å². The average molecular weight is 463 g/mol. The Morgan fingerprint density at radius 2 is 1.52 bits per heavy atom. The summed E-state index contributed by atoms with van der Waals surface area (Å²) in [5.41, 5.74) is 0.575. The molecule has 0 amide bonds. The van der Waals surface area contributed by atoms with Gasteiger partial charge in [-0.1, -0.05) is 36.4 Å². The van der Waals surface area contributed by atoms with Crippen LogP contribution < -0.4 is 4.74 Å². The third-order valence-corrected chi connectivity index (χ3v) is 6.69. The summed E-state index contributed by atoms with van der Waals surface area (Å²) in [4.78, 5) is 22.6. The molecule has 0 saturated heterocycles. The molecule has 3 aromatic carbocycles. The van der Waals surface area contributed by atoms with E-state index in [0.29, 0.717) is 5.69 Å². The molecule has 33 heavy (non-hydrogen) atoms. The van der Waals surface area contributed by atoms with Crippen molar-refractivity contribution in [2.75, 3.05) is 0 Å². The van der Waals surface area contributed by atoms with Crippen LogP contribution in [0.25, 0.3) is 5.69 Å². The highest BCUT2D eigenvalue weighted by molar-refractivity contribution is 7.91. The van der Waals surface area contributed by atoms with Crippen molar-refractivity contribution in [2.45, 2.75) is 16.7 Å². The van der Waals surface area contributed by atoms with Gasteiger partial charge in [0.25, 0.3) is 5.69 Å². The van der Waals surface area contributed by atoms with E-state index in [9.17, 15) is 23.3 Å². The number of non-ortho nitro benzene ring substituents is 1. The fourth-order valence-electron chi connectivity index (χ4n) is 3.22. The van der Waals surface area contributed by atoms with Gasteiger partial charge in [-0.2, -0.15) is 9.78 Å². The van der Waals surface area contributed by atoms with Crippen LogP contribution in [0.1, 0.15) is 16.1 Å². The molecule has 1 heterocycles. The lowest BCUT2D eigenvalue weighted by Gasteiger charge is -2.11. The topological polar surface area (TPSA) is 121 Å². The number of nitrogens with zero attached hydrogens (tertiary/aromatic N) is 3. The summed E-state index contributed by atoms with van der Waals surface area (Å²) >= 11 is 0. The lowest BCUT2D eigenvalue weighted by Crippen LogP contribution is -2.14. The van der Waals surface area contributed by atoms with Gasteiger partial charge in [-0.25, -0.2) is 13.2 Å². The number of aryl methyl sites for hydroxylation is 1. The molecule has 0 bridgehead atoms. The van der Waals surface area contributed by atoms with Crippen LogP contribution in [0.15, 0.2) is 94.7 Å². The van der Waals surface area contributed by atoms with Gasteiger partial charge >= 0.3 is 5.97 Å². The molecule has 0 aliphatic carbocycles. The number of hydrogen-bond acceptors (Lipinski definition) is 7. The monoisotopic (exact) mass is 463 g/mol. The third-order valence-electron chi connectivity index (χ3n) is 4.79. The largest absolute Gasteiger partial charge is 0.402 e. The third kappa shape index (κ3) is 4.23. The molecule has 166 valence electrons. The van der Waals surface area contributed by atoms with Gasteiger partial charge in [-0.15, -0.1) is 0 Å². The van der Waals surface area contributed by atoms with Crippen LogP contribution in [0.4, 0.5) is 5.69 Å². The first kappa shape index (κ1) is 21.9. The molecule has 0 N–H and O–H groups in total. The average Bonchev–Trinajstić information content (AvgIpc) is 3.16. The second-order valence-corrected chi connectivity index (χ2v) is 8.86. The number of carbonyl (C=O) groups excluding carboxylic acids is 1. The van der Waals surface area contributed by atoms with Gasteiger partial charge in [0, 0.05) is 12.1 Å². The van der Waals surface area contributed by atoms with E-state index >= 15 is 0 Å². The Bertz CT molecular complexity index is 1430. The van der Waals surface area contributed by atoms with Crippen molar-refractivity contribution in [1.29, 1.82) is 0 Å². The Labute approximate surface area is 188 Å². The smallest absolute Gasteiger partial charge is 0.344 e. The maximum atomic E-state index is 13.5. The Balaban J connectivity index is 1.88. The molecule has 1 aromatic heterocycles. The number of aromatic nitrogens is 2. The highest BCUT2D eigenvalue weighted by Gasteiger charge is 2.32. The van der Waals surface area contributed by atoms with Crippen molar-refractivity contribution < 1.29 is 22.9 Å². The summed E-state index contributed by atoms with van der Waals surface area (Å²) in [6.45, 7) is 1.48. The van der Waals surface area contributed by atoms with Crippen molar-refractivity contribution >= 4 is 21.5 Å². The normalized spacial score (nSPS) is 11.2. The molecule has 4 rings (SSSR count). The number of esters is 1. The first-order chi connectivity index (χ1) is 15.8. The number of nitro benzene ring substituents is 1. The summed E-state index contributed by atoms with van der Waals surface area (Å²) in [5, 5.41) is 15.3. The molecule has 0 spiro atoms. The fourth-order valence-corrected chi connectivity index (χ4v) is 4.74. The first-order valence-corrected chi connectivity index (χ1v) is 11.2. The molecule has 0 atom stereocenters. The van der Waals surface area contributed by atoms with E-state index in [-0.39, 0.29) is 32.6 Å². The van der Waals surface area contributed by atoms with Gasteiger partial charge in [-0.3, -0.25) is 10.1 Å². The van der Waals surface area contributed by atoms with E-state index in [1.807, 2.05) is 0 Å². The maximum Gasteiger partial charge on any atom is 0.344 e. The molecule has 0 aliphatic rings. The van der Waals surface area contributed by atoms with Crippen LogP contribution in [0.2, 0.25) is 0 Å². The predicted octanol–water partition coefficient (Wildman–Crippen LogP) is 4.14. The zero-order chi connectivity index (χ0) is 23.6. The Morgan fingerprint density at radius 1 is 0.939 bits per heavy atom.